The zero-order chi connectivity index (χ0) is 13.3. The van der Waals surface area contributed by atoms with Crippen molar-refractivity contribution in [3.8, 4) is 0 Å². The van der Waals surface area contributed by atoms with Crippen LogP contribution in [0.25, 0.3) is 0 Å². The molecule has 3 nitrogen and oxygen atoms in total. The minimum Gasteiger partial charge on any atom is -0.382 e. The summed E-state index contributed by atoms with van der Waals surface area (Å²) in [5.74, 6) is 1.87. The highest BCUT2D eigenvalue weighted by Crippen LogP contribution is 2.47. The second-order valence-electron chi connectivity index (χ2n) is 6.64. The summed E-state index contributed by atoms with van der Waals surface area (Å²) in [6.07, 6.45) is 6.49. The van der Waals surface area contributed by atoms with Gasteiger partial charge in [-0.05, 0) is 31.1 Å². The van der Waals surface area contributed by atoms with E-state index in [4.69, 9.17) is 5.73 Å². The van der Waals surface area contributed by atoms with Crippen LogP contribution in [-0.4, -0.2) is 10.2 Å². The molecule has 0 bridgehead atoms. The molecular formula is C15H27N3. The van der Waals surface area contributed by atoms with Crippen molar-refractivity contribution in [2.75, 3.05) is 5.73 Å². The van der Waals surface area contributed by atoms with Crippen molar-refractivity contribution < 1.29 is 0 Å². The normalized spacial score (nSPS) is 19.0. The summed E-state index contributed by atoms with van der Waals surface area (Å²) < 4.78 is 0. The minimum absolute atomic E-state index is 0.304. The Labute approximate surface area is 111 Å². The number of anilines is 1. The van der Waals surface area contributed by atoms with Gasteiger partial charge in [-0.2, -0.15) is 5.10 Å². The largest absolute Gasteiger partial charge is 0.382 e. The van der Waals surface area contributed by atoms with Crippen molar-refractivity contribution in [2.24, 2.45) is 5.92 Å². The summed E-state index contributed by atoms with van der Waals surface area (Å²) in [5, 5.41) is 7.56. The van der Waals surface area contributed by atoms with Crippen molar-refractivity contribution in [1.82, 2.24) is 10.2 Å². The van der Waals surface area contributed by atoms with Gasteiger partial charge in [0.25, 0.3) is 0 Å². The van der Waals surface area contributed by atoms with Crippen LogP contribution in [0.1, 0.15) is 77.0 Å². The van der Waals surface area contributed by atoms with Crippen molar-refractivity contribution in [3.05, 3.63) is 11.3 Å². The van der Waals surface area contributed by atoms with Gasteiger partial charge in [-0.25, -0.2) is 0 Å². The molecule has 0 radical (unpaired) electrons. The molecule has 18 heavy (non-hydrogen) atoms. The summed E-state index contributed by atoms with van der Waals surface area (Å²) in [4.78, 5) is 0. The number of nitrogens with one attached hydrogen (secondary N) is 1. The first-order valence-corrected chi connectivity index (χ1v) is 7.30. The summed E-state index contributed by atoms with van der Waals surface area (Å²) in [5.41, 5.74) is 8.96. The molecule has 1 aromatic rings. The Kier molecular flexibility index (Phi) is 3.69. The standard InChI is InChI=1S/C15H27N3/c1-10(2)9-15(7-5-6-8-15)13-12(11(3)4)14(16)18-17-13/h10-11H,5-9H2,1-4H3,(H3,16,17,18). The van der Waals surface area contributed by atoms with Crippen molar-refractivity contribution in [1.29, 1.82) is 0 Å². The summed E-state index contributed by atoms with van der Waals surface area (Å²) in [6.45, 7) is 9.05. The summed E-state index contributed by atoms with van der Waals surface area (Å²) in [7, 11) is 0. The van der Waals surface area contributed by atoms with Crippen LogP contribution in [0.2, 0.25) is 0 Å². The molecule has 0 aromatic carbocycles. The molecule has 1 fully saturated rings. The van der Waals surface area contributed by atoms with E-state index in [1.807, 2.05) is 0 Å². The maximum atomic E-state index is 6.06. The van der Waals surface area contributed by atoms with Gasteiger partial charge in [0, 0.05) is 16.7 Å². The number of nitrogen functional groups attached to an aromatic ring is 1. The van der Waals surface area contributed by atoms with E-state index >= 15 is 0 Å². The van der Waals surface area contributed by atoms with Gasteiger partial charge < -0.3 is 5.73 Å². The predicted molar refractivity (Wildman–Crippen MR) is 76.7 cm³/mol. The molecule has 0 amide bonds. The fraction of sp³-hybridized carbons (Fsp3) is 0.800. The Hall–Kier alpha value is -0.990. The molecule has 0 unspecified atom stereocenters. The number of hydrogen-bond acceptors (Lipinski definition) is 2. The third kappa shape index (κ3) is 2.27. The van der Waals surface area contributed by atoms with E-state index in [9.17, 15) is 0 Å². The van der Waals surface area contributed by atoms with E-state index in [0.717, 1.165) is 0 Å². The molecule has 2 rings (SSSR count). The van der Waals surface area contributed by atoms with Crippen molar-refractivity contribution in [3.63, 3.8) is 0 Å². The molecule has 102 valence electrons. The number of rotatable bonds is 4. The Bertz CT molecular complexity index is 398. The van der Waals surface area contributed by atoms with E-state index in [2.05, 4.69) is 37.9 Å². The van der Waals surface area contributed by atoms with Gasteiger partial charge in [0.1, 0.15) is 5.82 Å². The van der Waals surface area contributed by atoms with E-state index in [1.165, 1.54) is 43.4 Å². The van der Waals surface area contributed by atoms with Crippen LogP contribution >= 0.6 is 0 Å². The van der Waals surface area contributed by atoms with Crippen LogP contribution in [-0.2, 0) is 5.41 Å². The molecule has 1 aliphatic carbocycles. The molecule has 3 N–H and O–H groups in total. The zero-order valence-electron chi connectivity index (χ0n) is 12.2. The fourth-order valence-electron chi connectivity index (χ4n) is 3.74. The number of hydrogen-bond donors (Lipinski definition) is 2. The lowest BCUT2D eigenvalue weighted by molar-refractivity contribution is 0.335. The van der Waals surface area contributed by atoms with E-state index in [-0.39, 0.29) is 0 Å². The first kappa shape index (κ1) is 13.4. The number of aromatic nitrogens is 2. The average molecular weight is 249 g/mol. The van der Waals surface area contributed by atoms with Gasteiger partial charge in [0.15, 0.2) is 0 Å². The monoisotopic (exact) mass is 249 g/mol. The first-order chi connectivity index (χ1) is 8.46. The third-order valence-corrected chi connectivity index (χ3v) is 4.30. The Morgan fingerprint density at radius 3 is 2.33 bits per heavy atom. The van der Waals surface area contributed by atoms with Crippen molar-refractivity contribution in [2.45, 2.75) is 71.1 Å². The molecule has 1 heterocycles. The quantitative estimate of drug-likeness (QED) is 0.848. The molecular weight excluding hydrogens is 222 g/mol. The molecule has 0 aliphatic heterocycles. The lowest BCUT2D eigenvalue weighted by Crippen LogP contribution is -2.26. The zero-order valence-corrected chi connectivity index (χ0v) is 12.2. The maximum Gasteiger partial charge on any atom is 0.148 e. The maximum absolute atomic E-state index is 6.06. The minimum atomic E-state index is 0.304. The summed E-state index contributed by atoms with van der Waals surface area (Å²) >= 11 is 0. The molecule has 0 saturated heterocycles. The predicted octanol–water partition coefficient (Wildman–Crippen LogP) is 3.97. The first-order valence-electron chi connectivity index (χ1n) is 7.30. The molecule has 1 saturated carbocycles. The molecule has 0 atom stereocenters. The Morgan fingerprint density at radius 1 is 1.22 bits per heavy atom. The number of H-pyrrole nitrogens is 1. The SMILES string of the molecule is CC(C)CC1(c2[nH]nc(N)c2C(C)C)CCCC1. The Balaban J connectivity index is 2.43. The highest BCUT2D eigenvalue weighted by molar-refractivity contribution is 5.47. The molecule has 1 aromatic heterocycles. The number of aromatic amines is 1. The van der Waals surface area contributed by atoms with Crippen LogP contribution in [0, 0.1) is 5.92 Å². The van der Waals surface area contributed by atoms with E-state index in [0.29, 0.717) is 23.1 Å². The topological polar surface area (TPSA) is 54.7 Å². The highest BCUT2D eigenvalue weighted by atomic mass is 15.2. The average Bonchev–Trinajstić information content (AvgIpc) is 2.84. The van der Waals surface area contributed by atoms with E-state index in [1.54, 1.807) is 0 Å². The Morgan fingerprint density at radius 2 is 1.83 bits per heavy atom. The molecule has 1 aliphatic rings. The van der Waals surface area contributed by atoms with Gasteiger partial charge in [0.2, 0.25) is 0 Å². The lowest BCUT2D eigenvalue weighted by Gasteiger charge is -2.31. The molecule has 0 spiro atoms. The number of nitrogens with two attached hydrogens (primary N) is 1. The second-order valence-corrected chi connectivity index (χ2v) is 6.64. The van der Waals surface area contributed by atoms with Gasteiger partial charge in [0.05, 0.1) is 0 Å². The van der Waals surface area contributed by atoms with Crippen LogP contribution in [0.3, 0.4) is 0 Å². The van der Waals surface area contributed by atoms with Crippen LogP contribution in [0.15, 0.2) is 0 Å². The fourth-order valence-corrected chi connectivity index (χ4v) is 3.74. The third-order valence-electron chi connectivity index (χ3n) is 4.30. The highest BCUT2D eigenvalue weighted by Gasteiger charge is 2.40. The lowest BCUT2D eigenvalue weighted by atomic mass is 9.73. The van der Waals surface area contributed by atoms with Gasteiger partial charge in [-0.1, -0.05) is 40.5 Å². The van der Waals surface area contributed by atoms with Gasteiger partial charge in [-0.3, -0.25) is 5.10 Å². The van der Waals surface area contributed by atoms with Gasteiger partial charge >= 0.3 is 0 Å². The molecule has 3 heteroatoms. The van der Waals surface area contributed by atoms with Crippen LogP contribution in [0.4, 0.5) is 5.82 Å². The van der Waals surface area contributed by atoms with Crippen molar-refractivity contribution >= 4 is 5.82 Å². The smallest absolute Gasteiger partial charge is 0.148 e. The number of nitrogens with zero attached hydrogens (tertiary/aromatic N) is 1. The van der Waals surface area contributed by atoms with Crippen LogP contribution in [0.5, 0.6) is 0 Å². The summed E-state index contributed by atoms with van der Waals surface area (Å²) in [6, 6.07) is 0. The second kappa shape index (κ2) is 4.94. The van der Waals surface area contributed by atoms with Gasteiger partial charge in [-0.15, -0.1) is 0 Å². The van der Waals surface area contributed by atoms with E-state index < -0.39 is 0 Å². The van der Waals surface area contributed by atoms with Crippen LogP contribution < -0.4 is 5.73 Å².